The molecule has 2 N–H and O–H groups in total. The zero-order valence-corrected chi connectivity index (χ0v) is 17.4. The van der Waals surface area contributed by atoms with E-state index in [2.05, 4.69) is 25.5 Å². The van der Waals surface area contributed by atoms with Crippen molar-refractivity contribution in [3.05, 3.63) is 60.2 Å². The van der Waals surface area contributed by atoms with E-state index < -0.39 is 5.91 Å². The number of aromatic amines is 1. The van der Waals surface area contributed by atoms with Crippen LogP contribution in [0, 0.1) is 0 Å². The number of hydrogen-bond acceptors (Lipinski definition) is 6. The molecular formula is C21H21N8O3+. The number of nitrogens with one attached hydrogen (secondary N) is 2. The summed E-state index contributed by atoms with van der Waals surface area (Å²) < 4.78 is 8.35. The Morgan fingerprint density at radius 3 is 2.75 bits per heavy atom. The van der Waals surface area contributed by atoms with Gasteiger partial charge >= 0.3 is 0 Å². The van der Waals surface area contributed by atoms with Gasteiger partial charge in [-0.2, -0.15) is 5.10 Å². The van der Waals surface area contributed by atoms with Crippen molar-refractivity contribution in [2.24, 2.45) is 7.05 Å². The average Bonchev–Trinajstić information content (AvgIpc) is 3.43. The van der Waals surface area contributed by atoms with Gasteiger partial charge in [-0.05, 0) is 12.1 Å². The number of nitrogens with zero attached hydrogens (tertiary/aromatic N) is 6. The summed E-state index contributed by atoms with van der Waals surface area (Å²) in [7, 11) is 1.62. The highest BCUT2D eigenvalue weighted by atomic mass is 16.5. The van der Waals surface area contributed by atoms with Crippen LogP contribution in [-0.2, 0) is 11.8 Å². The lowest BCUT2D eigenvalue weighted by Gasteiger charge is -2.26. The van der Waals surface area contributed by atoms with E-state index in [1.54, 1.807) is 22.5 Å². The van der Waals surface area contributed by atoms with E-state index in [-0.39, 0.29) is 17.2 Å². The summed E-state index contributed by atoms with van der Waals surface area (Å²) in [5, 5.41) is 10.0. The number of aromatic nitrogens is 6. The Kier molecular flexibility index (Phi) is 5.07. The van der Waals surface area contributed by atoms with Crippen molar-refractivity contribution in [2.45, 2.75) is 0 Å². The predicted octanol–water partition coefficient (Wildman–Crippen LogP) is 0.669. The molecule has 0 aliphatic carbocycles. The van der Waals surface area contributed by atoms with Gasteiger partial charge in [-0.15, -0.1) is 4.52 Å². The first kappa shape index (κ1) is 19.8. The average molecular weight is 433 g/mol. The van der Waals surface area contributed by atoms with Crippen molar-refractivity contribution >= 4 is 23.3 Å². The van der Waals surface area contributed by atoms with Gasteiger partial charge in [-0.3, -0.25) is 19.6 Å². The number of hydrogen-bond donors (Lipinski definition) is 2. The van der Waals surface area contributed by atoms with Gasteiger partial charge in [0.25, 0.3) is 23.8 Å². The molecule has 162 valence electrons. The SMILES string of the molecule is Cn1ncc(C(=O)N2CCOCC2)c1C(=O)Nc1cc2nc(-c3ccccc3)[nH][n+]2cn1. The van der Waals surface area contributed by atoms with Crippen molar-refractivity contribution in [3.63, 3.8) is 0 Å². The Labute approximate surface area is 182 Å². The van der Waals surface area contributed by atoms with Gasteiger partial charge in [0.2, 0.25) is 11.6 Å². The van der Waals surface area contributed by atoms with Crippen LogP contribution < -0.4 is 9.83 Å². The molecule has 11 nitrogen and oxygen atoms in total. The molecule has 0 unspecified atom stereocenters. The number of ether oxygens (including phenoxy) is 1. The van der Waals surface area contributed by atoms with Gasteiger partial charge in [0.15, 0.2) is 0 Å². The van der Waals surface area contributed by atoms with E-state index in [9.17, 15) is 9.59 Å². The van der Waals surface area contributed by atoms with Gasteiger partial charge in [-0.1, -0.05) is 28.2 Å². The second-order valence-corrected chi connectivity index (χ2v) is 7.33. The molecule has 3 aromatic heterocycles. The van der Waals surface area contributed by atoms with E-state index in [1.165, 1.54) is 17.2 Å². The molecule has 2 amide bonds. The number of morpholine rings is 1. The van der Waals surface area contributed by atoms with Crippen molar-refractivity contribution in [1.29, 1.82) is 0 Å². The molecule has 0 spiro atoms. The van der Waals surface area contributed by atoms with E-state index in [0.717, 1.165) is 5.56 Å². The Balaban J connectivity index is 1.39. The molecule has 0 saturated carbocycles. The first-order valence-corrected chi connectivity index (χ1v) is 10.1. The lowest BCUT2D eigenvalue weighted by molar-refractivity contribution is -0.579. The van der Waals surface area contributed by atoms with Gasteiger partial charge in [0.05, 0.1) is 31.0 Å². The lowest BCUT2D eigenvalue weighted by atomic mass is 10.2. The molecule has 1 aliphatic heterocycles. The van der Waals surface area contributed by atoms with Gasteiger partial charge in [-0.25, -0.2) is 5.10 Å². The largest absolute Gasteiger partial charge is 0.378 e. The van der Waals surface area contributed by atoms with Gasteiger partial charge < -0.3 is 9.64 Å². The Morgan fingerprint density at radius 2 is 1.97 bits per heavy atom. The number of amides is 2. The summed E-state index contributed by atoms with van der Waals surface area (Å²) in [6.07, 6.45) is 2.95. The fourth-order valence-corrected chi connectivity index (χ4v) is 3.60. The molecule has 11 heteroatoms. The molecule has 1 saturated heterocycles. The van der Waals surface area contributed by atoms with E-state index in [1.807, 2.05) is 30.3 Å². The third-order valence-corrected chi connectivity index (χ3v) is 5.25. The molecule has 4 heterocycles. The summed E-state index contributed by atoms with van der Waals surface area (Å²) in [4.78, 5) is 36.4. The molecule has 0 atom stereocenters. The first-order valence-electron chi connectivity index (χ1n) is 10.1. The van der Waals surface area contributed by atoms with Crippen molar-refractivity contribution in [3.8, 4) is 11.4 Å². The first-order chi connectivity index (χ1) is 15.6. The third-order valence-electron chi connectivity index (χ3n) is 5.25. The number of carbonyl (C=O) groups excluding carboxylic acids is 2. The molecule has 1 aliphatic rings. The minimum absolute atomic E-state index is 0.169. The van der Waals surface area contributed by atoms with Gasteiger partial charge in [0.1, 0.15) is 5.69 Å². The zero-order valence-electron chi connectivity index (χ0n) is 17.4. The van der Waals surface area contributed by atoms with Gasteiger partial charge in [0, 0.05) is 25.7 Å². The lowest BCUT2D eigenvalue weighted by Crippen LogP contribution is -2.41. The van der Waals surface area contributed by atoms with E-state index in [4.69, 9.17) is 4.74 Å². The van der Waals surface area contributed by atoms with Crippen LogP contribution in [-0.4, -0.2) is 67.9 Å². The van der Waals surface area contributed by atoms with Crippen LogP contribution in [0.15, 0.2) is 48.9 Å². The van der Waals surface area contributed by atoms with Crippen LogP contribution in [0.2, 0.25) is 0 Å². The quantitative estimate of drug-likeness (QED) is 0.456. The van der Waals surface area contributed by atoms with Crippen molar-refractivity contribution in [1.82, 2.24) is 29.7 Å². The topological polar surface area (TPSA) is 122 Å². The Hall–Kier alpha value is -4.12. The number of benzene rings is 1. The molecular weight excluding hydrogens is 412 g/mol. The normalized spacial score (nSPS) is 14.0. The van der Waals surface area contributed by atoms with Crippen LogP contribution >= 0.6 is 0 Å². The summed E-state index contributed by atoms with van der Waals surface area (Å²) >= 11 is 0. The smallest absolute Gasteiger partial charge is 0.292 e. The second kappa shape index (κ2) is 8.19. The Morgan fingerprint density at radius 1 is 1.19 bits per heavy atom. The monoisotopic (exact) mass is 433 g/mol. The summed E-state index contributed by atoms with van der Waals surface area (Å²) in [5.41, 5.74) is 1.93. The zero-order chi connectivity index (χ0) is 22.1. The van der Waals surface area contributed by atoms with Crippen LogP contribution in [0.25, 0.3) is 17.0 Å². The summed E-state index contributed by atoms with van der Waals surface area (Å²) in [6, 6.07) is 11.3. The molecule has 0 radical (unpaired) electrons. The number of H-pyrrole nitrogens is 1. The summed E-state index contributed by atoms with van der Waals surface area (Å²) in [6.45, 7) is 1.91. The van der Waals surface area contributed by atoms with Crippen LogP contribution in [0.3, 0.4) is 0 Å². The third kappa shape index (κ3) is 3.69. The molecule has 32 heavy (non-hydrogen) atoms. The maximum absolute atomic E-state index is 13.0. The molecule has 1 fully saturated rings. The van der Waals surface area contributed by atoms with Crippen LogP contribution in [0.5, 0.6) is 0 Å². The number of rotatable bonds is 4. The molecule has 5 rings (SSSR count). The van der Waals surface area contributed by atoms with Crippen LogP contribution in [0.4, 0.5) is 5.82 Å². The van der Waals surface area contributed by atoms with Crippen molar-refractivity contribution < 1.29 is 18.8 Å². The number of aryl methyl sites for hydroxylation is 1. The highest BCUT2D eigenvalue weighted by Crippen LogP contribution is 2.16. The second-order valence-electron chi connectivity index (χ2n) is 7.33. The van der Waals surface area contributed by atoms with Crippen LogP contribution in [0.1, 0.15) is 20.8 Å². The Bertz CT molecular complexity index is 1290. The standard InChI is InChI=1S/C21H20N8O3/c1-27-18(15(12-23-27)21(31)28-7-9-32-10-8-28)20(30)24-16-11-17-25-19(26-29(17)13-22-16)14-5-3-2-4-6-14/h2-6,11-13H,7-10H2,1H3,(H,24,25,26,30)/p+1. The molecule has 4 aromatic rings. The molecule has 1 aromatic carbocycles. The minimum Gasteiger partial charge on any atom is -0.378 e. The fraction of sp³-hybridized carbons (Fsp3) is 0.238. The number of carbonyl (C=O) groups is 2. The van der Waals surface area contributed by atoms with E-state index >= 15 is 0 Å². The molecule has 0 bridgehead atoms. The highest BCUT2D eigenvalue weighted by molar-refractivity contribution is 6.10. The fourth-order valence-electron chi connectivity index (χ4n) is 3.60. The number of anilines is 1. The maximum atomic E-state index is 13.0. The number of fused-ring (bicyclic) bond motifs is 1. The summed E-state index contributed by atoms with van der Waals surface area (Å²) in [5.74, 6) is 0.274. The van der Waals surface area contributed by atoms with Crippen molar-refractivity contribution in [2.75, 3.05) is 31.6 Å². The highest BCUT2D eigenvalue weighted by Gasteiger charge is 2.27. The maximum Gasteiger partial charge on any atom is 0.292 e. The predicted molar refractivity (Wildman–Crippen MR) is 113 cm³/mol. The van der Waals surface area contributed by atoms with E-state index in [0.29, 0.717) is 43.6 Å². The minimum atomic E-state index is -0.475.